The summed E-state index contributed by atoms with van der Waals surface area (Å²) in [5, 5.41) is 5.14. The summed E-state index contributed by atoms with van der Waals surface area (Å²) in [4.78, 5) is 12.4. The molecule has 1 unspecified atom stereocenters. The van der Waals surface area contributed by atoms with Gasteiger partial charge in [0.2, 0.25) is 0 Å². The van der Waals surface area contributed by atoms with Gasteiger partial charge in [-0.3, -0.25) is 4.79 Å². The molecule has 4 nitrogen and oxygen atoms in total. The first kappa shape index (κ1) is 18.9. The molecule has 3 rings (SSSR count). The molecule has 1 amide bonds. The summed E-state index contributed by atoms with van der Waals surface area (Å²) in [6.45, 7) is 3.41. The van der Waals surface area contributed by atoms with Crippen molar-refractivity contribution in [2.75, 3.05) is 13.2 Å². The molecule has 0 spiro atoms. The van der Waals surface area contributed by atoms with E-state index in [0.29, 0.717) is 31.9 Å². The SMILES string of the molecule is CCC(Oc1ccc2ccccc2c1)C(=O)NCCOCc1ccccc1. The van der Waals surface area contributed by atoms with Crippen LogP contribution >= 0.6 is 0 Å². The van der Waals surface area contributed by atoms with Gasteiger partial charge in [-0.25, -0.2) is 0 Å². The molecule has 140 valence electrons. The minimum atomic E-state index is -0.514. The molecule has 0 radical (unpaired) electrons. The van der Waals surface area contributed by atoms with Gasteiger partial charge in [0.25, 0.3) is 5.91 Å². The molecule has 0 saturated heterocycles. The maximum Gasteiger partial charge on any atom is 0.261 e. The molecule has 0 saturated carbocycles. The number of carbonyl (C=O) groups excluding carboxylic acids is 1. The minimum Gasteiger partial charge on any atom is -0.481 e. The summed E-state index contributed by atoms with van der Waals surface area (Å²) in [7, 11) is 0. The number of benzene rings is 3. The van der Waals surface area contributed by atoms with E-state index in [9.17, 15) is 4.79 Å². The zero-order valence-corrected chi connectivity index (χ0v) is 15.6. The van der Waals surface area contributed by atoms with Crippen molar-refractivity contribution in [1.29, 1.82) is 0 Å². The lowest BCUT2D eigenvalue weighted by atomic mass is 10.1. The monoisotopic (exact) mass is 363 g/mol. The quantitative estimate of drug-likeness (QED) is 0.576. The normalized spacial score (nSPS) is 11.9. The molecule has 0 heterocycles. The maximum absolute atomic E-state index is 12.4. The third-order valence-electron chi connectivity index (χ3n) is 4.32. The molecular weight excluding hydrogens is 338 g/mol. The zero-order chi connectivity index (χ0) is 18.9. The second-order valence-corrected chi connectivity index (χ2v) is 6.35. The summed E-state index contributed by atoms with van der Waals surface area (Å²) in [5.41, 5.74) is 1.12. The van der Waals surface area contributed by atoms with Crippen molar-refractivity contribution >= 4 is 16.7 Å². The summed E-state index contributed by atoms with van der Waals surface area (Å²) < 4.78 is 11.5. The molecule has 3 aromatic carbocycles. The fourth-order valence-electron chi connectivity index (χ4n) is 2.85. The topological polar surface area (TPSA) is 47.6 Å². The van der Waals surface area contributed by atoms with Gasteiger partial charge in [0.1, 0.15) is 5.75 Å². The molecule has 0 aliphatic heterocycles. The van der Waals surface area contributed by atoms with Crippen molar-refractivity contribution in [3.63, 3.8) is 0 Å². The number of rotatable bonds is 9. The standard InChI is InChI=1S/C23H25NO3/c1-2-22(27-21-13-12-19-10-6-7-11-20(19)16-21)23(25)24-14-15-26-17-18-8-4-3-5-9-18/h3-13,16,22H,2,14-15,17H2,1H3,(H,24,25). The number of fused-ring (bicyclic) bond motifs is 1. The number of hydrogen-bond acceptors (Lipinski definition) is 3. The highest BCUT2D eigenvalue weighted by atomic mass is 16.5. The van der Waals surface area contributed by atoms with Crippen LogP contribution in [0, 0.1) is 0 Å². The summed E-state index contributed by atoms with van der Waals surface area (Å²) in [5.74, 6) is 0.588. The molecule has 0 aliphatic rings. The van der Waals surface area contributed by atoms with Crippen molar-refractivity contribution in [3.05, 3.63) is 78.4 Å². The molecule has 3 aromatic rings. The summed E-state index contributed by atoms with van der Waals surface area (Å²) in [6, 6.07) is 23.9. The number of amides is 1. The third-order valence-corrected chi connectivity index (χ3v) is 4.32. The molecule has 1 N–H and O–H groups in total. The van der Waals surface area contributed by atoms with Crippen LogP contribution in [-0.2, 0) is 16.1 Å². The van der Waals surface area contributed by atoms with E-state index in [1.807, 2.05) is 73.7 Å². The van der Waals surface area contributed by atoms with Crippen LogP contribution in [-0.4, -0.2) is 25.2 Å². The van der Waals surface area contributed by atoms with Crippen LogP contribution in [0.1, 0.15) is 18.9 Å². The van der Waals surface area contributed by atoms with Gasteiger partial charge in [-0.1, -0.05) is 67.6 Å². The fraction of sp³-hybridized carbons (Fsp3) is 0.261. The highest BCUT2D eigenvalue weighted by molar-refractivity contribution is 5.84. The average Bonchev–Trinajstić information content (AvgIpc) is 2.72. The van der Waals surface area contributed by atoms with Gasteiger partial charge >= 0.3 is 0 Å². The van der Waals surface area contributed by atoms with Crippen LogP contribution in [0.15, 0.2) is 72.8 Å². The Kier molecular flexibility index (Phi) is 6.83. The Hall–Kier alpha value is -2.85. The van der Waals surface area contributed by atoms with Gasteiger partial charge in [-0.15, -0.1) is 0 Å². The van der Waals surface area contributed by atoms with Gasteiger partial charge < -0.3 is 14.8 Å². The predicted octanol–water partition coefficient (Wildman–Crippen LogP) is 4.33. The van der Waals surface area contributed by atoms with Crippen LogP contribution in [0.5, 0.6) is 5.75 Å². The number of ether oxygens (including phenoxy) is 2. The number of carbonyl (C=O) groups is 1. The molecular formula is C23H25NO3. The smallest absolute Gasteiger partial charge is 0.261 e. The Morgan fingerprint density at radius 2 is 1.70 bits per heavy atom. The molecule has 1 atom stereocenters. The van der Waals surface area contributed by atoms with Crippen LogP contribution in [0.25, 0.3) is 10.8 Å². The second-order valence-electron chi connectivity index (χ2n) is 6.35. The zero-order valence-electron chi connectivity index (χ0n) is 15.6. The van der Waals surface area contributed by atoms with E-state index in [1.54, 1.807) is 0 Å². The van der Waals surface area contributed by atoms with E-state index in [2.05, 4.69) is 11.4 Å². The maximum atomic E-state index is 12.4. The fourth-order valence-corrected chi connectivity index (χ4v) is 2.85. The first-order valence-electron chi connectivity index (χ1n) is 9.31. The van der Waals surface area contributed by atoms with Crippen LogP contribution in [0.3, 0.4) is 0 Å². The van der Waals surface area contributed by atoms with E-state index >= 15 is 0 Å². The highest BCUT2D eigenvalue weighted by Gasteiger charge is 2.18. The Morgan fingerprint density at radius 1 is 0.963 bits per heavy atom. The predicted molar refractivity (Wildman–Crippen MR) is 108 cm³/mol. The van der Waals surface area contributed by atoms with E-state index in [-0.39, 0.29) is 5.91 Å². The van der Waals surface area contributed by atoms with Crippen molar-refractivity contribution in [2.24, 2.45) is 0 Å². The Bertz CT molecular complexity index is 864. The van der Waals surface area contributed by atoms with E-state index in [0.717, 1.165) is 16.3 Å². The van der Waals surface area contributed by atoms with Gasteiger partial charge in [0, 0.05) is 6.54 Å². The summed E-state index contributed by atoms with van der Waals surface area (Å²) in [6.07, 6.45) is 0.0871. The van der Waals surface area contributed by atoms with Gasteiger partial charge in [0.15, 0.2) is 6.10 Å². The lowest BCUT2D eigenvalue weighted by molar-refractivity contribution is -0.128. The van der Waals surface area contributed by atoms with Gasteiger partial charge in [-0.05, 0) is 34.9 Å². The Labute approximate surface area is 160 Å². The van der Waals surface area contributed by atoms with Crippen LogP contribution in [0.4, 0.5) is 0 Å². The first-order valence-corrected chi connectivity index (χ1v) is 9.31. The molecule has 0 aliphatic carbocycles. The average molecular weight is 363 g/mol. The number of nitrogens with one attached hydrogen (secondary N) is 1. The first-order chi connectivity index (χ1) is 13.3. The third kappa shape index (κ3) is 5.56. The van der Waals surface area contributed by atoms with Crippen LogP contribution < -0.4 is 10.1 Å². The molecule has 0 aromatic heterocycles. The van der Waals surface area contributed by atoms with E-state index in [4.69, 9.17) is 9.47 Å². The number of hydrogen-bond donors (Lipinski definition) is 1. The lowest BCUT2D eigenvalue weighted by Crippen LogP contribution is -2.39. The second kappa shape index (κ2) is 9.74. The van der Waals surface area contributed by atoms with Gasteiger partial charge in [-0.2, -0.15) is 0 Å². The van der Waals surface area contributed by atoms with Gasteiger partial charge in [0.05, 0.1) is 13.2 Å². The van der Waals surface area contributed by atoms with Crippen molar-refractivity contribution in [2.45, 2.75) is 26.1 Å². The van der Waals surface area contributed by atoms with Crippen molar-refractivity contribution in [3.8, 4) is 5.75 Å². The van der Waals surface area contributed by atoms with E-state index in [1.165, 1.54) is 0 Å². The molecule has 27 heavy (non-hydrogen) atoms. The van der Waals surface area contributed by atoms with Crippen molar-refractivity contribution < 1.29 is 14.3 Å². The summed E-state index contributed by atoms with van der Waals surface area (Å²) >= 11 is 0. The molecule has 4 heteroatoms. The Balaban J connectivity index is 1.45. The highest BCUT2D eigenvalue weighted by Crippen LogP contribution is 2.22. The Morgan fingerprint density at radius 3 is 2.48 bits per heavy atom. The molecule has 0 bridgehead atoms. The van der Waals surface area contributed by atoms with Crippen molar-refractivity contribution in [1.82, 2.24) is 5.32 Å². The van der Waals surface area contributed by atoms with E-state index < -0.39 is 6.10 Å². The van der Waals surface area contributed by atoms with Crippen LogP contribution in [0.2, 0.25) is 0 Å². The largest absolute Gasteiger partial charge is 0.481 e. The molecule has 0 fully saturated rings. The minimum absolute atomic E-state index is 0.117. The lowest BCUT2D eigenvalue weighted by Gasteiger charge is -2.17.